The molecule has 90 valence electrons. The van der Waals surface area contributed by atoms with E-state index in [4.69, 9.17) is 17.3 Å². The lowest BCUT2D eigenvalue weighted by Crippen LogP contribution is -2.21. The molecule has 0 radical (unpaired) electrons. The average molecular weight is 243 g/mol. The molecular formula is C12H19ClN2O. The van der Waals surface area contributed by atoms with Crippen molar-refractivity contribution in [3.63, 3.8) is 0 Å². The predicted octanol–water partition coefficient (Wildman–Crippen LogP) is 2.74. The van der Waals surface area contributed by atoms with Gasteiger partial charge in [-0.15, -0.1) is 0 Å². The number of hydrogen-bond donors (Lipinski definition) is 3. The van der Waals surface area contributed by atoms with Crippen molar-refractivity contribution in [3.8, 4) is 0 Å². The van der Waals surface area contributed by atoms with Crippen LogP contribution >= 0.6 is 11.6 Å². The van der Waals surface area contributed by atoms with Gasteiger partial charge in [-0.2, -0.15) is 0 Å². The van der Waals surface area contributed by atoms with Crippen LogP contribution in [0, 0.1) is 5.92 Å². The molecule has 1 rings (SSSR count). The second-order valence-corrected chi connectivity index (χ2v) is 4.81. The second-order valence-electron chi connectivity index (χ2n) is 4.40. The lowest BCUT2D eigenvalue weighted by molar-refractivity contribution is 0.161. The fraction of sp³-hybridized carbons (Fsp3) is 0.500. The summed E-state index contributed by atoms with van der Waals surface area (Å²) < 4.78 is 0. The van der Waals surface area contributed by atoms with Gasteiger partial charge in [-0.25, -0.2) is 0 Å². The van der Waals surface area contributed by atoms with Gasteiger partial charge < -0.3 is 16.2 Å². The fourth-order valence-electron chi connectivity index (χ4n) is 1.53. The summed E-state index contributed by atoms with van der Waals surface area (Å²) in [6.07, 6.45) is 0.424. The van der Waals surface area contributed by atoms with Crippen molar-refractivity contribution in [2.45, 2.75) is 26.4 Å². The number of nitrogens with one attached hydrogen (secondary N) is 1. The Bertz CT molecular complexity index is 342. The van der Waals surface area contributed by atoms with Crippen LogP contribution in [-0.4, -0.2) is 17.8 Å². The zero-order valence-electron chi connectivity index (χ0n) is 9.70. The van der Waals surface area contributed by atoms with Gasteiger partial charge in [0.15, 0.2) is 0 Å². The number of aliphatic hydroxyl groups is 1. The minimum absolute atomic E-state index is 0.353. The topological polar surface area (TPSA) is 58.3 Å². The maximum atomic E-state index is 9.70. The van der Waals surface area contributed by atoms with E-state index in [9.17, 15) is 5.11 Å². The molecule has 0 aromatic heterocycles. The third-order valence-corrected chi connectivity index (χ3v) is 2.58. The minimum atomic E-state index is -0.353. The Morgan fingerprint density at radius 2 is 2.12 bits per heavy atom. The van der Waals surface area contributed by atoms with E-state index < -0.39 is 0 Å². The minimum Gasteiger partial charge on any atom is -0.399 e. The molecule has 4 N–H and O–H groups in total. The summed E-state index contributed by atoms with van der Waals surface area (Å²) in [6.45, 7) is 4.67. The smallest absolute Gasteiger partial charge is 0.0715 e. The fourth-order valence-corrected chi connectivity index (χ4v) is 1.79. The highest BCUT2D eigenvalue weighted by Crippen LogP contribution is 2.24. The van der Waals surface area contributed by atoms with Crippen molar-refractivity contribution in [1.29, 1.82) is 0 Å². The Morgan fingerprint density at radius 1 is 1.44 bits per heavy atom. The van der Waals surface area contributed by atoms with Crippen molar-refractivity contribution in [1.82, 2.24) is 0 Å². The first kappa shape index (κ1) is 13.1. The number of rotatable bonds is 5. The third kappa shape index (κ3) is 4.29. The molecule has 16 heavy (non-hydrogen) atoms. The highest BCUT2D eigenvalue weighted by Gasteiger charge is 2.07. The van der Waals surface area contributed by atoms with Crippen LogP contribution in [0.25, 0.3) is 0 Å². The third-order valence-electron chi connectivity index (χ3n) is 2.26. The average Bonchev–Trinajstić information content (AvgIpc) is 2.15. The van der Waals surface area contributed by atoms with E-state index in [1.807, 2.05) is 6.07 Å². The molecule has 0 aliphatic carbocycles. The predicted molar refractivity (Wildman–Crippen MR) is 69.8 cm³/mol. The van der Waals surface area contributed by atoms with Crippen LogP contribution < -0.4 is 11.1 Å². The summed E-state index contributed by atoms with van der Waals surface area (Å²) in [5, 5.41) is 13.4. The standard InChI is InChI=1S/C12H19ClN2O/c1-8(2)5-10(16)7-15-12-4-3-9(14)6-11(12)13/h3-4,6,8,10,15-16H,5,7,14H2,1-2H3. The lowest BCUT2D eigenvalue weighted by atomic mass is 10.1. The molecule has 4 heteroatoms. The van der Waals surface area contributed by atoms with E-state index in [1.165, 1.54) is 0 Å². The number of hydrogen-bond acceptors (Lipinski definition) is 3. The van der Waals surface area contributed by atoms with Crippen LogP contribution in [0.3, 0.4) is 0 Å². The van der Waals surface area contributed by atoms with Crippen molar-refractivity contribution in [2.24, 2.45) is 5.92 Å². The number of halogens is 1. The summed E-state index contributed by atoms with van der Waals surface area (Å²) in [4.78, 5) is 0. The molecule has 0 heterocycles. The molecule has 1 unspecified atom stereocenters. The zero-order valence-corrected chi connectivity index (χ0v) is 10.5. The van der Waals surface area contributed by atoms with E-state index in [2.05, 4.69) is 19.2 Å². The lowest BCUT2D eigenvalue weighted by Gasteiger charge is -2.15. The van der Waals surface area contributed by atoms with E-state index >= 15 is 0 Å². The normalized spacial score (nSPS) is 12.8. The van der Waals surface area contributed by atoms with Crippen LogP contribution in [0.2, 0.25) is 5.02 Å². The number of aliphatic hydroxyl groups excluding tert-OH is 1. The maximum Gasteiger partial charge on any atom is 0.0715 e. The van der Waals surface area contributed by atoms with Crippen LogP contribution in [0.15, 0.2) is 18.2 Å². The Labute approximate surface area is 102 Å². The summed E-state index contributed by atoms with van der Waals surface area (Å²) in [6, 6.07) is 5.29. The quantitative estimate of drug-likeness (QED) is 0.696. The Kier molecular flexibility index (Phi) is 4.90. The molecule has 0 spiro atoms. The Morgan fingerprint density at radius 3 is 2.69 bits per heavy atom. The summed E-state index contributed by atoms with van der Waals surface area (Å²) >= 11 is 5.99. The molecule has 0 fully saturated rings. The molecule has 3 nitrogen and oxygen atoms in total. The monoisotopic (exact) mass is 242 g/mol. The summed E-state index contributed by atoms with van der Waals surface area (Å²) in [5.41, 5.74) is 7.03. The number of benzene rings is 1. The van der Waals surface area contributed by atoms with E-state index in [-0.39, 0.29) is 6.10 Å². The van der Waals surface area contributed by atoms with Gasteiger partial charge in [0, 0.05) is 12.2 Å². The maximum absolute atomic E-state index is 9.70. The van der Waals surface area contributed by atoms with Crippen LogP contribution in [-0.2, 0) is 0 Å². The second kappa shape index (κ2) is 5.97. The molecule has 0 bridgehead atoms. The summed E-state index contributed by atoms with van der Waals surface area (Å²) in [7, 11) is 0. The first-order valence-electron chi connectivity index (χ1n) is 5.46. The molecule has 1 aromatic rings. The largest absolute Gasteiger partial charge is 0.399 e. The van der Waals surface area contributed by atoms with Crippen molar-refractivity contribution < 1.29 is 5.11 Å². The van der Waals surface area contributed by atoms with Gasteiger partial charge in [0.05, 0.1) is 16.8 Å². The number of anilines is 2. The number of nitrogen functional groups attached to an aromatic ring is 1. The molecule has 0 amide bonds. The van der Waals surface area contributed by atoms with Crippen molar-refractivity contribution in [3.05, 3.63) is 23.2 Å². The first-order chi connectivity index (χ1) is 7.49. The van der Waals surface area contributed by atoms with E-state index in [0.29, 0.717) is 23.2 Å². The van der Waals surface area contributed by atoms with Crippen LogP contribution in [0.5, 0.6) is 0 Å². The van der Waals surface area contributed by atoms with Crippen LogP contribution in [0.4, 0.5) is 11.4 Å². The van der Waals surface area contributed by atoms with E-state index in [0.717, 1.165) is 12.1 Å². The van der Waals surface area contributed by atoms with Gasteiger partial charge in [-0.05, 0) is 30.5 Å². The molecule has 1 aromatic carbocycles. The Hall–Kier alpha value is -0.930. The van der Waals surface area contributed by atoms with Gasteiger partial charge in [0.25, 0.3) is 0 Å². The molecule has 0 saturated carbocycles. The zero-order chi connectivity index (χ0) is 12.1. The van der Waals surface area contributed by atoms with E-state index in [1.54, 1.807) is 12.1 Å². The van der Waals surface area contributed by atoms with Crippen molar-refractivity contribution >= 4 is 23.0 Å². The van der Waals surface area contributed by atoms with Gasteiger partial charge in [-0.3, -0.25) is 0 Å². The molecule has 0 aliphatic rings. The van der Waals surface area contributed by atoms with Crippen LogP contribution in [0.1, 0.15) is 20.3 Å². The highest BCUT2D eigenvalue weighted by atomic mass is 35.5. The first-order valence-corrected chi connectivity index (χ1v) is 5.83. The Balaban J connectivity index is 2.48. The molecule has 1 atom stereocenters. The molecule has 0 aliphatic heterocycles. The highest BCUT2D eigenvalue weighted by molar-refractivity contribution is 6.33. The summed E-state index contributed by atoms with van der Waals surface area (Å²) in [5.74, 6) is 0.485. The molecular weight excluding hydrogens is 224 g/mol. The SMILES string of the molecule is CC(C)CC(O)CNc1ccc(N)cc1Cl. The number of nitrogens with two attached hydrogens (primary N) is 1. The molecule has 0 saturated heterocycles. The van der Waals surface area contributed by atoms with Gasteiger partial charge in [0.1, 0.15) is 0 Å². The van der Waals surface area contributed by atoms with Gasteiger partial charge >= 0.3 is 0 Å². The van der Waals surface area contributed by atoms with Gasteiger partial charge in [0.2, 0.25) is 0 Å². The van der Waals surface area contributed by atoms with Crippen molar-refractivity contribution in [2.75, 3.05) is 17.6 Å². The van der Waals surface area contributed by atoms with Gasteiger partial charge in [-0.1, -0.05) is 25.4 Å².